The van der Waals surface area contributed by atoms with Crippen molar-refractivity contribution in [2.75, 3.05) is 0 Å². The Bertz CT molecular complexity index is 958. The molecule has 2 aromatic carbocycles. The Morgan fingerprint density at radius 3 is 2.00 bits per heavy atom. The third-order valence-corrected chi connectivity index (χ3v) is 6.69. The minimum Gasteiger partial charge on any atom is -0.379 e. The number of hydrogen-bond acceptors (Lipinski definition) is 3. The van der Waals surface area contributed by atoms with E-state index in [0.29, 0.717) is 31.4 Å². The van der Waals surface area contributed by atoms with Crippen molar-refractivity contribution in [1.29, 1.82) is 0 Å². The Morgan fingerprint density at radius 1 is 0.853 bits per heavy atom. The summed E-state index contributed by atoms with van der Waals surface area (Å²) in [6.07, 6.45) is -8.46. The molecule has 1 unspecified atom stereocenters. The maximum Gasteiger partial charge on any atom is 0.416 e. The average Bonchev–Trinajstić information content (AvgIpc) is 3.37. The molecule has 2 aliphatic rings. The first-order valence-electron chi connectivity index (χ1n) is 11.0. The van der Waals surface area contributed by atoms with Crippen LogP contribution in [0.15, 0.2) is 42.5 Å². The predicted molar refractivity (Wildman–Crippen MR) is 109 cm³/mol. The molecule has 186 valence electrons. The van der Waals surface area contributed by atoms with E-state index >= 15 is 0 Å². The van der Waals surface area contributed by atoms with Crippen molar-refractivity contribution in [3.8, 4) is 0 Å². The van der Waals surface area contributed by atoms with E-state index in [4.69, 9.17) is 4.74 Å². The Balaban J connectivity index is 1.58. The molecule has 10 heteroatoms. The van der Waals surface area contributed by atoms with Gasteiger partial charge in [0.15, 0.2) is 0 Å². The van der Waals surface area contributed by atoms with E-state index in [1.54, 1.807) is 12.1 Å². The molecule has 2 aromatic rings. The Hall–Kier alpha value is -2.17. The lowest BCUT2D eigenvalue weighted by molar-refractivity contribution is -0.143. The second-order valence-electron chi connectivity index (χ2n) is 8.95. The number of rotatable bonds is 5. The molecule has 5 atom stereocenters. The molecule has 0 amide bonds. The predicted octanol–water partition coefficient (Wildman–Crippen LogP) is 6.01. The molecular weight excluding hydrogens is 467 g/mol. The summed E-state index contributed by atoms with van der Waals surface area (Å²) in [5, 5.41) is 13.0. The van der Waals surface area contributed by atoms with Gasteiger partial charge in [-0.1, -0.05) is 12.1 Å². The molecule has 0 bridgehead atoms. The van der Waals surface area contributed by atoms with Gasteiger partial charge in [0.2, 0.25) is 0 Å². The summed E-state index contributed by atoms with van der Waals surface area (Å²) >= 11 is 0. The molecular formula is C24H24F7NO2. The van der Waals surface area contributed by atoms with Crippen molar-refractivity contribution in [1.82, 2.24) is 5.32 Å². The number of benzene rings is 2. The van der Waals surface area contributed by atoms with Gasteiger partial charge in [-0.05, 0) is 73.1 Å². The van der Waals surface area contributed by atoms with Gasteiger partial charge in [0.1, 0.15) is 12.0 Å². The smallest absolute Gasteiger partial charge is 0.379 e. The van der Waals surface area contributed by atoms with Gasteiger partial charge < -0.3 is 9.84 Å². The minimum atomic E-state index is -4.93. The summed E-state index contributed by atoms with van der Waals surface area (Å²) in [4.78, 5) is 0. The minimum absolute atomic E-state index is 0.0138. The van der Waals surface area contributed by atoms with E-state index in [-0.39, 0.29) is 29.5 Å². The molecule has 1 aliphatic heterocycles. The summed E-state index contributed by atoms with van der Waals surface area (Å²) < 4.78 is 98.5. The van der Waals surface area contributed by atoms with Crippen molar-refractivity contribution in [3.63, 3.8) is 0 Å². The molecule has 3 nitrogen and oxygen atoms in total. The molecule has 2 fully saturated rings. The quantitative estimate of drug-likeness (QED) is 0.504. The molecule has 0 radical (unpaired) electrons. The molecule has 34 heavy (non-hydrogen) atoms. The number of hydrogen-bond donors (Lipinski definition) is 2. The maximum atomic E-state index is 13.5. The largest absolute Gasteiger partial charge is 0.416 e. The maximum absolute atomic E-state index is 13.5. The Morgan fingerprint density at radius 2 is 1.47 bits per heavy atom. The van der Waals surface area contributed by atoms with E-state index in [0.717, 1.165) is 12.0 Å². The zero-order valence-electron chi connectivity index (χ0n) is 18.0. The standard InChI is InChI=1S/C24H24F7NO2/c25-17-3-1-14(2-4-17)22-18(19-6-8-21(33)32-19)5-7-20(22)34-12-13-9-15(23(26,27)28)11-16(10-13)24(29,30)31/h1-4,9-11,18-22,32-33H,5-8,12H2/t18-,19+,20-,21?,22-/m0/s1. The monoisotopic (exact) mass is 491 g/mol. The normalized spacial score (nSPS) is 27.9. The van der Waals surface area contributed by atoms with Crippen LogP contribution in [0.3, 0.4) is 0 Å². The highest BCUT2D eigenvalue weighted by atomic mass is 19.4. The zero-order valence-corrected chi connectivity index (χ0v) is 18.0. The van der Waals surface area contributed by atoms with E-state index in [2.05, 4.69) is 5.32 Å². The van der Waals surface area contributed by atoms with Gasteiger partial charge >= 0.3 is 12.4 Å². The van der Waals surface area contributed by atoms with Crippen LogP contribution in [-0.4, -0.2) is 23.5 Å². The number of aliphatic hydroxyl groups excluding tert-OH is 1. The average molecular weight is 491 g/mol. The van der Waals surface area contributed by atoms with Crippen LogP contribution in [0.5, 0.6) is 0 Å². The van der Waals surface area contributed by atoms with E-state index < -0.39 is 48.2 Å². The molecule has 1 saturated heterocycles. The molecule has 2 N–H and O–H groups in total. The molecule has 0 aromatic heterocycles. The lowest BCUT2D eigenvalue weighted by atomic mass is 9.82. The topological polar surface area (TPSA) is 41.5 Å². The van der Waals surface area contributed by atoms with Crippen LogP contribution in [-0.2, 0) is 23.7 Å². The number of ether oxygens (including phenoxy) is 1. The van der Waals surface area contributed by atoms with Crippen molar-refractivity contribution >= 4 is 0 Å². The van der Waals surface area contributed by atoms with Gasteiger partial charge in [-0.2, -0.15) is 26.3 Å². The number of nitrogens with one attached hydrogen (secondary N) is 1. The van der Waals surface area contributed by atoms with E-state index in [9.17, 15) is 35.8 Å². The second kappa shape index (κ2) is 9.47. The fraction of sp³-hybridized carbons (Fsp3) is 0.500. The van der Waals surface area contributed by atoms with Gasteiger partial charge in [0.25, 0.3) is 0 Å². The summed E-state index contributed by atoms with van der Waals surface area (Å²) in [6.45, 7) is -0.428. The van der Waals surface area contributed by atoms with Crippen LogP contribution < -0.4 is 5.32 Å². The van der Waals surface area contributed by atoms with Crippen LogP contribution in [0.1, 0.15) is 53.9 Å². The first-order chi connectivity index (χ1) is 15.9. The fourth-order valence-corrected chi connectivity index (χ4v) is 5.17. The third kappa shape index (κ3) is 5.55. The molecule has 0 spiro atoms. The van der Waals surface area contributed by atoms with Crippen LogP contribution in [0.2, 0.25) is 0 Å². The van der Waals surface area contributed by atoms with Crippen LogP contribution >= 0.6 is 0 Å². The molecule has 1 aliphatic carbocycles. The Kier molecular flexibility index (Phi) is 6.94. The van der Waals surface area contributed by atoms with Crippen molar-refractivity contribution in [2.24, 2.45) is 5.92 Å². The molecule has 4 rings (SSSR count). The van der Waals surface area contributed by atoms with Crippen molar-refractivity contribution in [2.45, 2.75) is 68.9 Å². The van der Waals surface area contributed by atoms with Gasteiger partial charge in [0.05, 0.1) is 23.8 Å². The van der Waals surface area contributed by atoms with Crippen LogP contribution in [0.25, 0.3) is 0 Å². The van der Waals surface area contributed by atoms with Gasteiger partial charge in [0, 0.05) is 12.0 Å². The first kappa shape index (κ1) is 24.9. The summed E-state index contributed by atoms with van der Waals surface area (Å²) in [5.41, 5.74) is -2.22. The van der Waals surface area contributed by atoms with Crippen LogP contribution in [0, 0.1) is 11.7 Å². The fourth-order valence-electron chi connectivity index (χ4n) is 5.17. The lowest BCUT2D eigenvalue weighted by Crippen LogP contribution is -2.37. The number of aliphatic hydroxyl groups is 1. The molecule has 1 heterocycles. The number of halogens is 7. The third-order valence-electron chi connectivity index (χ3n) is 6.69. The summed E-state index contributed by atoms with van der Waals surface area (Å²) in [5.74, 6) is -0.662. The first-order valence-corrected chi connectivity index (χ1v) is 11.0. The van der Waals surface area contributed by atoms with E-state index in [1.807, 2.05) is 0 Å². The SMILES string of the molecule is OC1CC[C@H]([C@@H]2CC[C@H](OCc3cc(C(F)(F)F)cc(C(F)(F)F)c3)[C@H]2c2ccc(F)cc2)N1. The van der Waals surface area contributed by atoms with Crippen molar-refractivity contribution in [3.05, 3.63) is 70.5 Å². The highest BCUT2D eigenvalue weighted by molar-refractivity contribution is 5.33. The lowest BCUT2D eigenvalue weighted by Gasteiger charge is -2.30. The Labute approximate surface area is 191 Å². The molecule has 1 saturated carbocycles. The van der Waals surface area contributed by atoms with Crippen LogP contribution in [0.4, 0.5) is 30.7 Å². The van der Waals surface area contributed by atoms with Gasteiger partial charge in [-0.15, -0.1) is 0 Å². The van der Waals surface area contributed by atoms with Gasteiger partial charge in [-0.3, -0.25) is 5.32 Å². The number of alkyl halides is 6. The second-order valence-corrected chi connectivity index (χ2v) is 8.95. The zero-order chi connectivity index (χ0) is 24.7. The summed E-state index contributed by atoms with van der Waals surface area (Å²) in [6, 6.07) is 7.25. The summed E-state index contributed by atoms with van der Waals surface area (Å²) in [7, 11) is 0. The highest BCUT2D eigenvalue weighted by Crippen LogP contribution is 2.46. The van der Waals surface area contributed by atoms with E-state index in [1.165, 1.54) is 12.1 Å². The van der Waals surface area contributed by atoms with Crippen molar-refractivity contribution < 1.29 is 40.6 Å². The van der Waals surface area contributed by atoms with Gasteiger partial charge in [-0.25, -0.2) is 4.39 Å². The highest BCUT2D eigenvalue weighted by Gasteiger charge is 2.44.